The van der Waals surface area contributed by atoms with Gasteiger partial charge in [0.1, 0.15) is 11.5 Å². The number of likely N-dealkylation sites (tertiary alicyclic amines) is 1. The molecular formula is C36H30Cl2F3N7O3. The van der Waals surface area contributed by atoms with E-state index in [1.807, 2.05) is 18.2 Å². The van der Waals surface area contributed by atoms with Crippen LogP contribution in [0, 0.1) is 0 Å². The first-order valence-corrected chi connectivity index (χ1v) is 17.0. The van der Waals surface area contributed by atoms with Crippen LogP contribution in [0.5, 0.6) is 5.88 Å². The maximum Gasteiger partial charge on any atom is 0.433 e. The first-order chi connectivity index (χ1) is 24.4. The van der Waals surface area contributed by atoms with Crippen LogP contribution in [0.3, 0.4) is 0 Å². The average molecular weight is 737 g/mol. The minimum Gasteiger partial charge on any atom is -0.481 e. The predicted octanol–water partition coefficient (Wildman–Crippen LogP) is 7.09. The molecule has 1 spiro atoms. The molecule has 262 valence electrons. The third-order valence-corrected chi connectivity index (χ3v) is 10.9. The highest BCUT2D eigenvalue weighted by atomic mass is 35.5. The van der Waals surface area contributed by atoms with E-state index in [-0.39, 0.29) is 44.8 Å². The normalized spacial score (nSPS) is 18.2. The number of hydrogen-bond donors (Lipinski definition) is 2. The van der Waals surface area contributed by atoms with Crippen LogP contribution in [0.15, 0.2) is 59.5 Å². The Labute approximate surface area is 299 Å². The Balaban J connectivity index is 1.13. The number of fused-ring (bicyclic) bond motifs is 2. The van der Waals surface area contributed by atoms with Crippen LogP contribution >= 0.6 is 23.2 Å². The number of nitrogens with zero attached hydrogens (tertiary/aromatic N) is 5. The second-order valence-electron chi connectivity index (χ2n) is 13.2. The average Bonchev–Trinajstić information content (AvgIpc) is 3.69. The molecule has 0 saturated carbocycles. The Morgan fingerprint density at radius 3 is 2.43 bits per heavy atom. The Bertz CT molecular complexity index is 2330. The first kappa shape index (κ1) is 33.4. The maximum absolute atomic E-state index is 13.8. The summed E-state index contributed by atoms with van der Waals surface area (Å²) in [6.45, 7) is 1.59. The number of hydrogen-bond acceptors (Lipinski definition) is 8. The second kappa shape index (κ2) is 12.2. The van der Waals surface area contributed by atoms with Gasteiger partial charge in [-0.3, -0.25) is 14.5 Å². The van der Waals surface area contributed by atoms with Gasteiger partial charge in [0.05, 0.1) is 45.7 Å². The van der Waals surface area contributed by atoms with Crippen molar-refractivity contribution in [1.82, 2.24) is 30.0 Å². The van der Waals surface area contributed by atoms with Crippen molar-refractivity contribution in [2.75, 3.05) is 25.5 Å². The van der Waals surface area contributed by atoms with Gasteiger partial charge in [-0.2, -0.15) is 18.3 Å². The van der Waals surface area contributed by atoms with Crippen LogP contribution < -0.4 is 20.9 Å². The van der Waals surface area contributed by atoms with Gasteiger partial charge in [0, 0.05) is 60.2 Å². The van der Waals surface area contributed by atoms with Gasteiger partial charge in [0.25, 0.3) is 5.56 Å². The molecule has 1 aliphatic carbocycles. The summed E-state index contributed by atoms with van der Waals surface area (Å²) >= 11 is 14.0. The van der Waals surface area contributed by atoms with Gasteiger partial charge >= 0.3 is 6.18 Å². The predicted molar refractivity (Wildman–Crippen MR) is 187 cm³/mol. The van der Waals surface area contributed by atoms with E-state index < -0.39 is 17.4 Å². The van der Waals surface area contributed by atoms with Gasteiger partial charge in [0.15, 0.2) is 0 Å². The molecule has 10 nitrogen and oxygen atoms in total. The molecule has 5 aromatic rings. The summed E-state index contributed by atoms with van der Waals surface area (Å²) in [5.74, 6) is 0.324. The van der Waals surface area contributed by atoms with Crippen molar-refractivity contribution in [3.05, 3.63) is 91.9 Å². The first-order valence-electron chi connectivity index (χ1n) is 16.3. The Morgan fingerprint density at radius 1 is 1.00 bits per heavy atom. The number of carbonyl (C=O) groups excluding carboxylic acids is 1. The van der Waals surface area contributed by atoms with Crippen molar-refractivity contribution in [1.29, 1.82) is 0 Å². The quantitative estimate of drug-likeness (QED) is 0.190. The SMILES string of the molecule is COc1nc(-c2cccc(-c3cccc(Nc4nc(C(F)(F)F)cc5cnn(C)c(=O)c45)c3Cl)c2Cl)cc2c1[C@@H](N1CC3(CCC(=O)N3)C1)CC2. The molecule has 0 bridgehead atoms. The molecule has 1 atom stereocenters. The maximum atomic E-state index is 13.8. The molecule has 2 saturated heterocycles. The van der Waals surface area contributed by atoms with E-state index >= 15 is 0 Å². The number of nitrogens with one attached hydrogen (secondary N) is 2. The molecule has 5 heterocycles. The summed E-state index contributed by atoms with van der Waals surface area (Å²) in [7, 11) is 3.00. The summed E-state index contributed by atoms with van der Waals surface area (Å²) in [4.78, 5) is 35.9. The van der Waals surface area contributed by atoms with E-state index in [1.54, 1.807) is 31.4 Å². The highest BCUT2D eigenvalue weighted by Gasteiger charge is 2.51. The van der Waals surface area contributed by atoms with Gasteiger partial charge in [0.2, 0.25) is 11.8 Å². The fourth-order valence-electron chi connectivity index (χ4n) is 7.60. The molecule has 1 amide bonds. The molecule has 3 aliphatic rings. The van der Waals surface area contributed by atoms with Gasteiger partial charge in [-0.25, -0.2) is 14.6 Å². The zero-order chi connectivity index (χ0) is 35.8. The van der Waals surface area contributed by atoms with Crippen LogP contribution in [0.2, 0.25) is 10.0 Å². The second-order valence-corrected chi connectivity index (χ2v) is 14.0. The summed E-state index contributed by atoms with van der Waals surface area (Å²) in [5.41, 5.74) is 2.77. The molecule has 3 aromatic heterocycles. The number of alkyl halides is 3. The molecule has 51 heavy (non-hydrogen) atoms. The molecule has 15 heteroatoms. The van der Waals surface area contributed by atoms with E-state index in [4.69, 9.17) is 32.9 Å². The molecular weight excluding hydrogens is 706 g/mol. The van der Waals surface area contributed by atoms with Gasteiger partial charge in [-0.15, -0.1) is 0 Å². The molecule has 2 fully saturated rings. The summed E-state index contributed by atoms with van der Waals surface area (Å²) in [5, 5.41) is 10.3. The number of ether oxygens (including phenoxy) is 1. The Kier molecular flexibility index (Phi) is 8.00. The minimum absolute atomic E-state index is 0.0226. The number of halogens is 5. The van der Waals surface area contributed by atoms with E-state index in [2.05, 4.69) is 25.6 Å². The van der Waals surface area contributed by atoms with Crippen molar-refractivity contribution >= 4 is 51.4 Å². The monoisotopic (exact) mass is 735 g/mol. The van der Waals surface area contributed by atoms with Gasteiger partial charge in [-0.05, 0) is 43.0 Å². The Hall–Kier alpha value is -4.72. The molecule has 2 aliphatic heterocycles. The van der Waals surface area contributed by atoms with Crippen LogP contribution in [-0.4, -0.2) is 56.3 Å². The zero-order valence-corrected chi connectivity index (χ0v) is 28.9. The largest absolute Gasteiger partial charge is 0.481 e. The summed E-state index contributed by atoms with van der Waals surface area (Å²) in [6, 6.07) is 13.4. The Morgan fingerprint density at radius 2 is 1.73 bits per heavy atom. The fourth-order valence-corrected chi connectivity index (χ4v) is 8.19. The summed E-state index contributed by atoms with van der Waals surface area (Å²) < 4.78 is 48.3. The standard InChI is InChI=1S/C36H30Cl2F3N7O3/c1-47-34(50)29-19(15-42-47)14-26(36(39,40)41)45-32(29)43-23-8-4-6-21(31(23)38)20-5-3-7-22(30(20)37)24-13-18-9-10-25(28(18)33(44-24)51-2)48-16-35(17-48)12-11-27(49)46-35/h3-8,13-15,25H,9-12,16-17H2,1-2H3,(H,43,45)(H,46,49)/t25-/m0/s1. The lowest BCUT2D eigenvalue weighted by Gasteiger charge is -2.50. The van der Waals surface area contributed by atoms with E-state index in [0.29, 0.717) is 39.7 Å². The van der Waals surface area contributed by atoms with Crippen molar-refractivity contribution in [2.24, 2.45) is 7.05 Å². The molecule has 0 radical (unpaired) electrons. The van der Waals surface area contributed by atoms with Crippen molar-refractivity contribution in [3.8, 4) is 28.3 Å². The number of aryl methyl sites for hydroxylation is 2. The van der Waals surface area contributed by atoms with Crippen LogP contribution in [0.25, 0.3) is 33.2 Å². The van der Waals surface area contributed by atoms with Crippen molar-refractivity contribution in [2.45, 2.75) is 43.4 Å². The fraction of sp³-hybridized carbons (Fsp3) is 0.306. The van der Waals surface area contributed by atoms with Gasteiger partial charge in [-0.1, -0.05) is 53.5 Å². The summed E-state index contributed by atoms with van der Waals surface area (Å²) in [6.07, 6.45) is -0.434. The molecule has 2 aromatic carbocycles. The lowest BCUT2D eigenvalue weighted by atomic mass is 9.86. The number of aromatic nitrogens is 4. The van der Waals surface area contributed by atoms with E-state index in [9.17, 15) is 22.8 Å². The lowest BCUT2D eigenvalue weighted by molar-refractivity contribution is -0.141. The number of amides is 1. The number of methoxy groups -OCH3 is 1. The highest BCUT2D eigenvalue weighted by molar-refractivity contribution is 6.39. The highest BCUT2D eigenvalue weighted by Crippen LogP contribution is 2.48. The number of rotatable bonds is 6. The number of anilines is 2. The number of benzene rings is 2. The van der Waals surface area contributed by atoms with Crippen LogP contribution in [-0.2, 0) is 24.4 Å². The zero-order valence-electron chi connectivity index (χ0n) is 27.4. The van der Waals surface area contributed by atoms with Crippen molar-refractivity contribution in [3.63, 3.8) is 0 Å². The number of carbonyl (C=O) groups is 1. The molecule has 0 unspecified atom stereocenters. The van der Waals surface area contributed by atoms with E-state index in [0.717, 1.165) is 54.2 Å². The smallest absolute Gasteiger partial charge is 0.433 e. The van der Waals surface area contributed by atoms with Gasteiger partial charge < -0.3 is 15.4 Å². The third kappa shape index (κ3) is 5.67. The topological polar surface area (TPSA) is 114 Å². The minimum atomic E-state index is -4.77. The van der Waals surface area contributed by atoms with Crippen molar-refractivity contribution < 1.29 is 22.7 Å². The third-order valence-electron chi connectivity index (χ3n) is 10.0. The van der Waals surface area contributed by atoms with E-state index in [1.165, 1.54) is 13.2 Å². The molecule has 8 rings (SSSR count). The lowest BCUT2D eigenvalue weighted by Crippen LogP contribution is -2.67. The van der Waals surface area contributed by atoms with Crippen LogP contribution in [0.4, 0.5) is 24.7 Å². The number of pyridine rings is 2. The van der Waals surface area contributed by atoms with Crippen LogP contribution in [0.1, 0.15) is 42.1 Å². The molecule has 2 N–H and O–H groups in total.